The van der Waals surface area contributed by atoms with E-state index in [1.54, 1.807) is 0 Å². The van der Waals surface area contributed by atoms with Crippen LogP contribution in [0.15, 0.2) is 12.1 Å². The molecule has 1 aromatic rings. The highest BCUT2D eigenvalue weighted by molar-refractivity contribution is 7.13. The van der Waals surface area contributed by atoms with Crippen molar-refractivity contribution in [3.63, 3.8) is 0 Å². The first-order valence-electron chi connectivity index (χ1n) is 6.00. The van der Waals surface area contributed by atoms with Crippen LogP contribution in [0, 0.1) is 12.8 Å². The highest BCUT2D eigenvalue weighted by Crippen LogP contribution is 2.21. The minimum Gasteiger partial charge on any atom is -0.337 e. The second kappa shape index (κ2) is 5.00. The molecule has 1 aliphatic rings. The number of hydrogen-bond acceptors (Lipinski definition) is 3. The quantitative estimate of drug-likeness (QED) is 0.810. The highest BCUT2D eigenvalue weighted by Gasteiger charge is 2.29. The summed E-state index contributed by atoms with van der Waals surface area (Å²) in [6.45, 7) is 5.16. The van der Waals surface area contributed by atoms with E-state index in [0.29, 0.717) is 25.3 Å². The molecule has 1 amide bonds. The van der Waals surface area contributed by atoms with Crippen LogP contribution in [-0.4, -0.2) is 29.7 Å². The average molecular weight is 251 g/mol. The molecule has 0 aliphatic carbocycles. The van der Waals surface area contributed by atoms with Gasteiger partial charge in [0.2, 0.25) is 0 Å². The van der Waals surface area contributed by atoms with Gasteiger partial charge in [0.25, 0.3) is 5.91 Å². The molecule has 2 heterocycles. The number of piperidine rings is 1. The van der Waals surface area contributed by atoms with E-state index in [4.69, 9.17) is 0 Å². The molecule has 0 spiro atoms. The second-order valence-corrected chi connectivity index (χ2v) is 5.77. The smallest absolute Gasteiger partial charge is 0.263 e. The lowest BCUT2D eigenvalue weighted by Gasteiger charge is -2.31. The number of likely N-dealkylation sites (tertiary alicyclic amines) is 1. The van der Waals surface area contributed by atoms with Gasteiger partial charge in [-0.05, 0) is 25.5 Å². The van der Waals surface area contributed by atoms with Crippen molar-refractivity contribution in [1.29, 1.82) is 0 Å². The second-order valence-electron chi connectivity index (χ2n) is 4.48. The van der Waals surface area contributed by atoms with Gasteiger partial charge in [0.05, 0.1) is 4.88 Å². The summed E-state index contributed by atoms with van der Waals surface area (Å²) in [7, 11) is 0. The van der Waals surface area contributed by atoms with Crippen LogP contribution < -0.4 is 0 Å². The Hall–Kier alpha value is -1.16. The Balaban J connectivity index is 2.08. The number of thiophene rings is 1. The first kappa shape index (κ1) is 12.3. The van der Waals surface area contributed by atoms with Gasteiger partial charge in [-0.3, -0.25) is 9.59 Å². The maximum absolute atomic E-state index is 12.2. The van der Waals surface area contributed by atoms with Crippen molar-refractivity contribution in [2.75, 3.05) is 13.1 Å². The lowest BCUT2D eigenvalue weighted by Crippen LogP contribution is -2.43. The molecular formula is C13H17NO2S. The third kappa shape index (κ3) is 2.57. The van der Waals surface area contributed by atoms with Gasteiger partial charge < -0.3 is 4.90 Å². The summed E-state index contributed by atoms with van der Waals surface area (Å²) in [5.74, 6) is 0.418. The maximum Gasteiger partial charge on any atom is 0.263 e. The summed E-state index contributed by atoms with van der Waals surface area (Å²) >= 11 is 1.52. The van der Waals surface area contributed by atoms with Crippen molar-refractivity contribution in [1.82, 2.24) is 4.90 Å². The van der Waals surface area contributed by atoms with Crippen LogP contribution in [0.3, 0.4) is 0 Å². The van der Waals surface area contributed by atoms with E-state index in [9.17, 15) is 9.59 Å². The van der Waals surface area contributed by atoms with E-state index in [0.717, 1.165) is 16.2 Å². The van der Waals surface area contributed by atoms with Gasteiger partial charge >= 0.3 is 0 Å². The van der Waals surface area contributed by atoms with Crippen LogP contribution in [0.1, 0.15) is 34.3 Å². The van der Waals surface area contributed by atoms with E-state index < -0.39 is 0 Å². The predicted octanol–water partition coefficient (Wildman–Crippen LogP) is 2.50. The van der Waals surface area contributed by atoms with Gasteiger partial charge in [-0.2, -0.15) is 0 Å². The van der Waals surface area contributed by atoms with Gasteiger partial charge in [-0.25, -0.2) is 0 Å². The molecule has 1 unspecified atom stereocenters. The fraction of sp³-hybridized carbons (Fsp3) is 0.538. The Morgan fingerprint density at radius 3 is 2.88 bits per heavy atom. The molecular weight excluding hydrogens is 234 g/mol. The normalized spacial score (nSPS) is 20.7. The highest BCUT2D eigenvalue weighted by atomic mass is 32.1. The average Bonchev–Trinajstić information content (AvgIpc) is 2.75. The third-order valence-electron chi connectivity index (χ3n) is 3.26. The van der Waals surface area contributed by atoms with E-state index in [1.165, 1.54) is 11.3 Å². The topological polar surface area (TPSA) is 37.4 Å². The number of amides is 1. The first-order valence-corrected chi connectivity index (χ1v) is 6.82. The Morgan fingerprint density at radius 1 is 1.53 bits per heavy atom. The molecule has 0 radical (unpaired) electrons. The Morgan fingerprint density at radius 2 is 2.29 bits per heavy atom. The minimum atomic E-state index is 0.0359. The van der Waals surface area contributed by atoms with Crippen LogP contribution in [0.25, 0.3) is 0 Å². The molecule has 0 N–H and O–H groups in total. The van der Waals surface area contributed by atoms with E-state index >= 15 is 0 Å². The summed E-state index contributed by atoms with van der Waals surface area (Å²) in [4.78, 5) is 27.6. The summed E-state index contributed by atoms with van der Waals surface area (Å²) in [5, 5.41) is 0. The van der Waals surface area contributed by atoms with Gasteiger partial charge in [-0.1, -0.05) is 6.92 Å². The molecule has 3 nitrogen and oxygen atoms in total. The molecule has 17 heavy (non-hydrogen) atoms. The summed E-state index contributed by atoms with van der Waals surface area (Å²) in [6.07, 6.45) is 1.33. The van der Waals surface area contributed by atoms with Crippen LogP contribution in [-0.2, 0) is 4.79 Å². The van der Waals surface area contributed by atoms with Crippen molar-refractivity contribution >= 4 is 23.0 Å². The number of nitrogens with zero attached hydrogens (tertiary/aromatic N) is 1. The van der Waals surface area contributed by atoms with Crippen LogP contribution >= 0.6 is 11.3 Å². The summed E-state index contributed by atoms with van der Waals surface area (Å²) in [6, 6.07) is 3.84. The monoisotopic (exact) mass is 251 g/mol. The van der Waals surface area contributed by atoms with Crippen molar-refractivity contribution in [2.24, 2.45) is 5.92 Å². The molecule has 1 aliphatic heterocycles. The largest absolute Gasteiger partial charge is 0.337 e. The molecule has 1 atom stereocenters. The van der Waals surface area contributed by atoms with E-state index in [-0.39, 0.29) is 11.8 Å². The molecule has 0 aromatic carbocycles. The fourth-order valence-corrected chi connectivity index (χ4v) is 2.99. The number of ketones is 1. The van der Waals surface area contributed by atoms with Crippen LogP contribution in [0.2, 0.25) is 0 Å². The number of carbonyl (C=O) groups is 2. The van der Waals surface area contributed by atoms with Crippen molar-refractivity contribution < 1.29 is 9.59 Å². The van der Waals surface area contributed by atoms with Gasteiger partial charge in [0.15, 0.2) is 0 Å². The van der Waals surface area contributed by atoms with E-state index in [2.05, 4.69) is 0 Å². The van der Waals surface area contributed by atoms with Gasteiger partial charge in [0, 0.05) is 30.3 Å². The molecule has 1 aromatic heterocycles. The molecule has 92 valence electrons. The Kier molecular flexibility index (Phi) is 3.62. The molecule has 0 saturated carbocycles. The zero-order chi connectivity index (χ0) is 12.4. The number of hydrogen-bond donors (Lipinski definition) is 0. The molecule has 0 bridgehead atoms. The lowest BCUT2D eigenvalue weighted by atomic mass is 9.94. The fourth-order valence-electron chi connectivity index (χ4n) is 2.15. The third-order valence-corrected chi connectivity index (χ3v) is 4.24. The van der Waals surface area contributed by atoms with Crippen LogP contribution in [0.5, 0.6) is 0 Å². The number of Topliss-reactive ketones (excluding diaryl/α,β-unsaturated/α-hetero) is 1. The van der Waals surface area contributed by atoms with Crippen LogP contribution in [0.4, 0.5) is 0 Å². The standard InChI is InChI=1S/C13H17NO2S/c1-3-10-8-14(7-6-11(10)15)13(16)12-5-4-9(2)17-12/h4-5,10H,3,6-8H2,1-2H3. The number of aryl methyl sites for hydroxylation is 1. The molecule has 4 heteroatoms. The van der Waals surface area contributed by atoms with Crippen molar-refractivity contribution in [2.45, 2.75) is 26.7 Å². The SMILES string of the molecule is CCC1CN(C(=O)c2ccc(C)s2)CCC1=O. The molecule has 1 saturated heterocycles. The Bertz CT molecular complexity index is 438. The summed E-state index contributed by atoms with van der Waals surface area (Å²) < 4.78 is 0. The summed E-state index contributed by atoms with van der Waals surface area (Å²) in [5.41, 5.74) is 0. The zero-order valence-corrected chi connectivity index (χ0v) is 11.0. The van der Waals surface area contributed by atoms with Crippen molar-refractivity contribution in [3.8, 4) is 0 Å². The van der Waals surface area contributed by atoms with E-state index in [1.807, 2.05) is 30.9 Å². The van der Waals surface area contributed by atoms with Gasteiger partial charge in [-0.15, -0.1) is 11.3 Å². The van der Waals surface area contributed by atoms with Gasteiger partial charge in [0.1, 0.15) is 5.78 Å². The molecule has 1 fully saturated rings. The Labute approximate surface area is 105 Å². The minimum absolute atomic E-state index is 0.0359. The maximum atomic E-state index is 12.2. The molecule has 2 rings (SSSR count). The zero-order valence-electron chi connectivity index (χ0n) is 10.2. The first-order chi connectivity index (χ1) is 8.11. The number of rotatable bonds is 2. The van der Waals surface area contributed by atoms with Crippen molar-refractivity contribution in [3.05, 3.63) is 21.9 Å². The predicted molar refractivity (Wildman–Crippen MR) is 68.4 cm³/mol. The number of carbonyl (C=O) groups excluding carboxylic acids is 2. The lowest BCUT2D eigenvalue weighted by molar-refractivity contribution is -0.125.